The summed E-state index contributed by atoms with van der Waals surface area (Å²) in [7, 11) is 0. The van der Waals surface area contributed by atoms with Crippen molar-refractivity contribution in [2.75, 3.05) is 0 Å². The van der Waals surface area contributed by atoms with Gasteiger partial charge in [-0.15, -0.1) is 0 Å². The maximum absolute atomic E-state index is 13.1. The van der Waals surface area contributed by atoms with Crippen molar-refractivity contribution in [1.82, 2.24) is 4.98 Å². The van der Waals surface area contributed by atoms with Crippen molar-refractivity contribution < 1.29 is 14.3 Å². The van der Waals surface area contributed by atoms with Gasteiger partial charge < -0.3 is 4.74 Å². The van der Waals surface area contributed by atoms with Crippen LogP contribution in [0, 0.1) is 5.92 Å². The third kappa shape index (κ3) is 3.52. The van der Waals surface area contributed by atoms with Crippen molar-refractivity contribution in [1.29, 1.82) is 0 Å². The molecule has 0 radical (unpaired) electrons. The quantitative estimate of drug-likeness (QED) is 0.759. The van der Waals surface area contributed by atoms with Crippen LogP contribution in [0.2, 0.25) is 0 Å². The van der Waals surface area contributed by atoms with Gasteiger partial charge in [-0.05, 0) is 37.5 Å². The van der Waals surface area contributed by atoms with E-state index in [4.69, 9.17) is 4.74 Å². The molecule has 5 heteroatoms. The van der Waals surface area contributed by atoms with E-state index in [2.05, 4.69) is 9.98 Å². The fraction of sp³-hybridized carbons (Fsp3) is 0.304. The van der Waals surface area contributed by atoms with E-state index in [1.165, 1.54) is 0 Å². The molecular formula is C23H22N2O3. The zero-order valence-electron chi connectivity index (χ0n) is 15.8. The Morgan fingerprint density at radius 3 is 2.64 bits per heavy atom. The maximum Gasteiger partial charge on any atom is 0.316 e. The van der Waals surface area contributed by atoms with Crippen LogP contribution >= 0.6 is 0 Å². The molecule has 0 amide bonds. The summed E-state index contributed by atoms with van der Waals surface area (Å²) in [6, 6.07) is 15.1. The van der Waals surface area contributed by atoms with Gasteiger partial charge in [0.1, 0.15) is 12.5 Å². The van der Waals surface area contributed by atoms with Gasteiger partial charge in [-0.1, -0.05) is 36.4 Å². The molecule has 0 spiro atoms. The van der Waals surface area contributed by atoms with Crippen LogP contribution in [-0.2, 0) is 20.9 Å². The van der Waals surface area contributed by atoms with Crippen LogP contribution in [0.4, 0.5) is 0 Å². The average molecular weight is 374 g/mol. The molecule has 1 aliphatic carbocycles. The number of aromatic nitrogens is 1. The summed E-state index contributed by atoms with van der Waals surface area (Å²) in [6.07, 6.45) is 3.73. The maximum atomic E-state index is 13.1. The number of ketones is 1. The van der Waals surface area contributed by atoms with E-state index in [-0.39, 0.29) is 18.4 Å². The van der Waals surface area contributed by atoms with E-state index >= 15 is 0 Å². The summed E-state index contributed by atoms with van der Waals surface area (Å²) < 4.78 is 5.62. The summed E-state index contributed by atoms with van der Waals surface area (Å²) in [5.41, 5.74) is 3.75. The fourth-order valence-corrected chi connectivity index (χ4v) is 4.01. The first-order valence-corrected chi connectivity index (χ1v) is 9.58. The molecule has 2 atom stereocenters. The number of aliphatic imine (C=N–C) groups is 1. The number of esters is 1. The Morgan fingerprint density at radius 1 is 1.11 bits per heavy atom. The first kappa shape index (κ1) is 18.3. The second-order valence-electron chi connectivity index (χ2n) is 7.19. The number of hydrogen-bond donors (Lipinski definition) is 0. The van der Waals surface area contributed by atoms with E-state index in [0.717, 1.165) is 24.1 Å². The van der Waals surface area contributed by atoms with Gasteiger partial charge in [0.05, 0.1) is 5.92 Å². The van der Waals surface area contributed by atoms with Crippen LogP contribution in [0.5, 0.6) is 0 Å². The van der Waals surface area contributed by atoms with Gasteiger partial charge in [0.25, 0.3) is 0 Å². The van der Waals surface area contributed by atoms with Crippen LogP contribution in [0.25, 0.3) is 0 Å². The van der Waals surface area contributed by atoms with Crippen molar-refractivity contribution in [2.45, 2.75) is 38.7 Å². The number of nitrogens with zero attached hydrogens (tertiary/aromatic N) is 2. The van der Waals surface area contributed by atoms with Crippen LogP contribution in [0.15, 0.2) is 71.0 Å². The topological polar surface area (TPSA) is 68.6 Å². The molecule has 1 unspecified atom stereocenters. The van der Waals surface area contributed by atoms with Gasteiger partial charge in [-0.25, -0.2) is 0 Å². The van der Waals surface area contributed by atoms with Crippen molar-refractivity contribution in [3.63, 3.8) is 0 Å². The summed E-state index contributed by atoms with van der Waals surface area (Å²) in [5, 5.41) is 0. The van der Waals surface area contributed by atoms with Gasteiger partial charge in [0.15, 0.2) is 5.78 Å². The molecule has 1 aromatic carbocycles. The van der Waals surface area contributed by atoms with E-state index in [9.17, 15) is 9.59 Å². The van der Waals surface area contributed by atoms with Gasteiger partial charge in [-0.3, -0.25) is 19.6 Å². The Labute approximate surface area is 164 Å². The van der Waals surface area contributed by atoms with Crippen molar-refractivity contribution in [2.24, 2.45) is 10.9 Å². The first-order chi connectivity index (χ1) is 13.6. The lowest BCUT2D eigenvalue weighted by molar-refractivity contribution is -0.148. The molecule has 1 aromatic heterocycles. The largest absolute Gasteiger partial charge is 0.460 e. The monoisotopic (exact) mass is 374 g/mol. The van der Waals surface area contributed by atoms with Crippen LogP contribution in [-0.4, -0.2) is 22.4 Å². The number of allylic oxidation sites excluding steroid dienone is 2. The third-order valence-corrected chi connectivity index (χ3v) is 5.32. The Hall–Kier alpha value is -3.08. The molecule has 2 aliphatic rings. The lowest BCUT2D eigenvalue weighted by Gasteiger charge is -2.33. The Bertz CT molecular complexity index is 948. The highest BCUT2D eigenvalue weighted by atomic mass is 16.5. The minimum absolute atomic E-state index is 0.0639. The molecular weight excluding hydrogens is 352 g/mol. The number of carbonyl (C=O) groups excluding carboxylic acids is 2. The summed E-state index contributed by atoms with van der Waals surface area (Å²) in [5.74, 6) is -1.39. The molecule has 0 bridgehead atoms. The van der Waals surface area contributed by atoms with Gasteiger partial charge in [0, 0.05) is 35.3 Å². The normalized spacial score (nSPS) is 21.8. The van der Waals surface area contributed by atoms with Gasteiger partial charge in [0.2, 0.25) is 0 Å². The smallest absolute Gasteiger partial charge is 0.316 e. The van der Waals surface area contributed by atoms with E-state index in [1.807, 2.05) is 55.5 Å². The fourth-order valence-electron chi connectivity index (χ4n) is 4.01. The molecule has 0 saturated carbocycles. The Kier molecular flexibility index (Phi) is 5.15. The van der Waals surface area contributed by atoms with Crippen molar-refractivity contribution >= 4 is 17.5 Å². The SMILES string of the molecule is CC1=NC2=C(C(=O)CCC2)[C@H](c2ccccn2)C1C(=O)OCc1ccccc1. The molecule has 2 aromatic rings. The van der Waals surface area contributed by atoms with Crippen LogP contribution in [0.1, 0.15) is 43.4 Å². The van der Waals surface area contributed by atoms with E-state index in [0.29, 0.717) is 23.4 Å². The van der Waals surface area contributed by atoms with Crippen LogP contribution < -0.4 is 0 Å². The highest BCUT2D eigenvalue weighted by Crippen LogP contribution is 2.42. The predicted octanol–water partition coefficient (Wildman–Crippen LogP) is 4.01. The summed E-state index contributed by atoms with van der Waals surface area (Å²) in [6.45, 7) is 2.03. The Balaban J connectivity index is 1.68. The standard InChI is InChI=1S/C23H22N2O3/c1-15-20(23(27)28-14-16-8-3-2-4-9-16)22(17-10-5-6-13-24-17)21-18(25-15)11-7-12-19(21)26/h2-6,8-10,13,20,22H,7,11-12,14H2,1H3/t20?,22-/m1/s1. The number of ether oxygens (including phenoxy) is 1. The average Bonchev–Trinajstić information content (AvgIpc) is 2.72. The summed E-state index contributed by atoms with van der Waals surface area (Å²) in [4.78, 5) is 34.9. The molecule has 2 heterocycles. The van der Waals surface area contributed by atoms with E-state index in [1.54, 1.807) is 6.20 Å². The molecule has 1 aliphatic heterocycles. The lowest BCUT2D eigenvalue weighted by Crippen LogP contribution is -2.37. The number of Topliss-reactive ketones (excluding diaryl/α,β-unsaturated/α-hetero) is 1. The van der Waals surface area contributed by atoms with E-state index < -0.39 is 11.8 Å². The van der Waals surface area contributed by atoms with Crippen LogP contribution in [0.3, 0.4) is 0 Å². The number of benzene rings is 1. The summed E-state index contributed by atoms with van der Waals surface area (Å²) >= 11 is 0. The number of carbonyl (C=O) groups is 2. The predicted molar refractivity (Wildman–Crippen MR) is 106 cm³/mol. The second-order valence-corrected chi connectivity index (χ2v) is 7.19. The Morgan fingerprint density at radius 2 is 1.89 bits per heavy atom. The molecule has 0 saturated heterocycles. The highest BCUT2D eigenvalue weighted by molar-refractivity contribution is 6.08. The molecule has 0 fully saturated rings. The third-order valence-electron chi connectivity index (χ3n) is 5.32. The van der Waals surface area contributed by atoms with Gasteiger partial charge >= 0.3 is 5.97 Å². The molecule has 28 heavy (non-hydrogen) atoms. The van der Waals surface area contributed by atoms with Crippen molar-refractivity contribution in [3.8, 4) is 0 Å². The molecule has 4 rings (SSSR count). The second kappa shape index (κ2) is 7.89. The number of rotatable bonds is 4. The minimum atomic E-state index is -0.639. The molecule has 0 N–H and O–H groups in total. The number of pyridine rings is 1. The molecule has 142 valence electrons. The first-order valence-electron chi connectivity index (χ1n) is 9.58. The number of hydrogen-bond acceptors (Lipinski definition) is 5. The van der Waals surface area contributed by atoms with Crippen molar-refractivity contribution in [3.05, 3.63) is 77.3 Å². The zero-order chi connectivity index (χ0) is 19.5. The highest BCUT2D eigenvalue weighted by Gasteiger charge is 2.43. The minimum Gasteiger partial charge on any atom is -0.460 e. The van der Waals surface area contributed by atoms with Gasteiger partial charge in [-0.2, -0.15) is 0 Å². The lowest BCUT2D eigenvalue weighted by atomic mass is 9.73. The molecule has 5 nitrogen and oxygen atoms in total. The zero-order valence-corrected chi connectivity index (χ0v) is 15.8.